The van der Waals surface area contributed by atoms with Gasteiger partial charge in [0.1, 0.15) is 0 Å². The maximum absolute atomic E-state index is 12.5. The Balaban J connectivity index is 3.45. The molecule has 0 aromatic heterocycles. The van der Waals surface area contributed by atoms with Crippen molar-refractivity contribution in [2.24, 2.45) is 0 Å². The van der Waals surface area contributed by atoms with Crippen molar-refractivity contribution in [2.45, 2.75) is 398 Å². The quantitative estimate of drug-likeness (QED) is 0.0320. The second kappa shape index (κ2) is 69.3. The van der Waals surface area contributed by atoms with E-state index < -0.39 is 12.1 Å². The van der Waals surface area contributed by atoms with Gasteiger partial charge < -0.3 is 20.3 Å². The van der Waals surface area contributed by atoms with Crippen molar-refractivity contribution in [1.29, 1.82) is 0 Å². The average molecular weight is 1120 g/mol. The topological polar surface area (TPSA) is 95.9 Å². The van der Waals surface area contributed by atoms with Crippen LogP contribution in [0.4, 0.5) is 0 Å². The average Bonchev–Trinajstić information content (AvgIpc) is 3.46. The normalized spacial score (nSPS) is 12.8. The Hall–Kier alpha value is -2.18. The lowest BCUT2D eigenvalue weighted by molar-refractivity contribution is -0.143. The molecule has 6 heteroatoms. The van der Waals surface area contributed by atoms with Gasteiger partial charge in [-0.3, -0.25) is 9.59 Å². The highest BCUT2D eigenvalue weighted by molar-refractivity contribution is 5.76. The first-order chi connectivity index (χ1) is 39.5. The van der Waals surface area contributed by atoms with Crippen LogP contribution < -0.4 is 5.32 Å². The molecule has 0 aromatic rings. The SMILES string of the molecule is CCCCCC/C=C\C/C=C\CCCCCCCCCC(=O)OCCCCCCCCCCC/C=C\C/C=C\CCCCCCCCCC(=O)NC(CO)C(O)CCCCCCCCCCCCCCCCCCCCCCCC. The summed E-state index contributed by atoms with van der Waals surface area (Å²) in [7, 11) is 0. The third kappa shape index (κ3) is 65.0. The van der Waals surface area contributed by atoms with Crippen molar-refractivity contribution in [2.75, 3.05) is 13.2 Å². The standard InChI is InChI=1S/C74H139NO5/c1-3-5-7-9-11-13-15-17-19-21-23-24-28-31-34-38-42-46-50-54-58-62-66-72(77)71(70-76)75-73(78)67-63-59-55-51-47-43-39-35-32-29-26-25-27-30-33-37-41-45-49-53-57-61-65-69-80-74(79)68-64-60-56-52-48-44-40-36-22-20-18-16-14-12-10-8-6-4-2/h14,16,20,22,25,27,29,32,71-72,76-77H,3-13,15,17-19,21,23-24,26,28,30-31,33-70H2,1-2H3,(H,75,78)/b16-14-,22-20-,27-25-,32-29-. The summed E-state index contributed by atoms with van der Waals surface area (Å²) in [6.07, 6.45) is 90.1. The molecular formula is C74H139NO5. The van der Waals surface area contributed by atoms with Gasteiger partial charge in [-0.05, 0) is 89.9 Å². The molecule has 0 aliphatic rings. The van der Waals surface area contributed by atoms with E-state index in [1.54, 1.807) is 0 Å². The summed E-state index contributed by atoms with van der Waals surface area (Å²) in [5, 5.41) is 23.4. The van der Waals surface area contributed by atoms with Crippen LogP contribution in [0.5, 0.6) is 0 Å². The number of rotatable bonds is 67. The molecule has 6 nitrogen and oxygen atoms in total. The Labute approximate surface area is 499 Å². The first-order valence-electron chi connectivity index (χ1n) is 35.9. The number of nitrogens with one attached hydrogen (secondary N) is 1. The second-order valence-electron chi connectivity index (χ2n) is 24.6. The van der Waals surface area contributed by atoms with E-state index in [2.05, 4.69) is 67.8 Å². The number of allylic oxidation sites excluding steroid dienone is 8. The summed E-state index contributed by atoms with van der Waals surface area (Å²) in [5.74, 6) is -0.0419. The molecule has 3 N–H and O–H groups in total. The highest BCUT2D eigenvalue weighted by atomic mass is 16.5. The van der Waals surface area contributed by atoms with Gasteiger partial charge in [-0.25, -0.2) is 0 Å². The van der Waals surface area contributed by atoms with Gasteiger partial charge in [-0.2, -0.15) is 0 Å². The van der Waals surface area contributed by atoms with Gasteiger partial charge in [-0.15, -0.1) is 0 Å². The first kappa shape index (κ1) is 77.8. The molecule has 0 aliphatic heterocycles. The molecular weight excluding hydrogens is 983 g/mol. The van der Waals surface area contributed by atoms with E-state index in [0.717, 1.165) is 64.2 Å². The first-order valence-corrected chi connectivity index (χ1v) is 35.9. The van der Waals surface area contributed by atoms with Crippen molar-refractivity contribution in [3.63, 3.8) is 0 Å². The summed E-state index contributed by atoms with van der Waals surface area (Å²) in [6.45, 7) is 4.95. The van der Waals surface area contributed by atoms with E-state index in [-0.39, 0.29) is 18.5 Å². The van der Waals surface area contributed by atoms with Crippen molar-refractivity contribution in [3.8, 4) is 0 Å². The number of carbonyl (C=O) groups excluding carboxylic acids is 2. The maximum Gasteiger partial charge on any atom is 0.305 e. The Morgan fingerprint density at radius 1 is 0.350 bits per heavy atom. The third-order valence-corrected chi connectivity index (χ3v) is 16.6. The van der Waals surface area contributed by atoms with Gasteiger partial charge in [0.05, 0.1) is 25.4 Å². The molecule has 80 heavy (non-hydrogen) atoms. The van der Waals surface area contributed by atoms with E-state index in [9.17, 15) is 19.8 Å². The number of carbonyl (C=O) groups is 2. The lowest BCUT2D eigenvalue weighted by Crippen LogP contribution is -2.45. The molecule has 0 fully saturated rings. The molecule has 0 spiro atoms. The molecule has 470 valence electrons. The summed E-state index contributed by atoms with van der Waals surface area (Å²) in [4.78, 5) is 24.6. The fourth-order valence-corrected chi connectivity index (χ4v) is 11.1. The van der Waals surface area contributed by atoms with Crippen molar-refractivity contribution >= 4 is 11.9 Å². The molecule has 0 saturated heterocycles. The number of hydrogen-bond donors (Lipinski definition) is 3. The molecule has 0 radical (unpaired) electrons. The van der Waals surface area contributed by atoms with Crippen LogP contribution in [-0.4, -0.2) is 47.4 Å². The Bertz CT molecular complexity index is 1340. The molecule has 2 atom stereocenters. The number of esters is 1. The second-order valence-corrected chi connectivity index (χ2v) is 24.6. The Kier molecular flexibility index (Phi) is 67.4. The highest BCUT2D eigenvalue weighted by Crippen LogP contribution is 2.18. The zero-order valence-corrected chi connectivity index (χ0v) is 53.8. The van der Waals surface area contributed by atoms with E-state index in [1.165, 1.54) is 289 Å². The van der Waals surface area contributed by atoms with E-state index in [0.29, 0.717) is 25.9 Å². The largest absolute Gasteiger partial charge is 0.466 e. The monoisotopic (exact) mass is 1120 g/mol. The molecule has 0 rings (SSSR count). The molecule has 1 amide bonds. The van der Waals surface area contributed by atoms with Crippen LogP contribution in [0, 0.1) is 0 Å². The van der Waals surface area contributed by atoms with Gasteiger partial charge in [0.2, 0.25) is 5.91 Å². The minimum absolute atomic E-state index is 0.000160. The van der Waals surface area contributed by atoms with E-state index in [1.807, 2.05) is 0 Å². The van der Waals surface area contributed by atoms with Gasteiger partial charge in [-0.1, -0.05) is 332 Å². The van der Waals surface area contributed by atoms with Gasteiger partial charge in [0.15, 0.2) is 0 Å². The van der Waals surface area contributed by atoms with Gasteiger partial charge in [0.25, 0.3) is 0 Å². The number of hydrogen-bond acceptors (Lipinski definition) is 5. The number of unbranched alkanes of at least 4 members (excludes halogenated alkanes) is 48. The van der Waals surface area contributed by atoms with Crippen molar-refractivity contribution in [1.82, 2.24) is 5.32 Å². The van der Waals surface area contributed by atoms with Crippen LogP contribution in [0.2, 0.25) is 0 Å². The van der Waals surface area contributed by atoms with Gasteiger partial charge in [0, 0.05) is 12.8 Å². The van der Waals surface area contributed by atoms with Crippen LogP contribution >= 0.6 is 0 Å². The van der Waals surface area contributed by atoms with Crippen LogP contribution in [0.3, 0.4) is 0 Å². The number of amides is 1. The smallest absolute Gasteiger partial charge is 0.305 e. The summed E-state index contributed by atoms with van der Waals surface area (Å²) >= 11 is 0. The number of ether oxygens (including phenoxy) is 1. The highest BCUT2D eigenvalue weighted by Gasteiger charge is 2.20. The fourth-order valence-electron chi connectivity index (χ4n) is 11.1. The molecule has 0 heterocycles. The van der Waals surface area contributed by atoms with Gasteiger partial charge >= 0.3 is 5.97 Å². The Morgan fingerprint density at radius 3 is 0.963 bits per heavy atom. The summed E-state index contributed by atoms with van der Waals surface area (Å²) in [5.41, 5.74) is 0. The number of aliphatic hydroxyl groups excluding tert-OH is 2. The minimum atomic E-state index is -0.673. The van der Waals surface area contributed by atoms with Crippen molar-refractivity contribution in [3.05, 3.63) is 48.6 Å². The van der Waals surface area contributed by atoms with Crippen molar-refractivity contribution < 1.29 is 24.5 Å². The van der Waals surface area contributed by atoms with E-state index >= 15 is 0 Å². The zero-order valence-electron chi connectivity index (χ0n) is 53.8. The van der Waals surface area contributed by atoms with Crippen LogP contribution in [0.15, 0.2) is 48.6 Å². The van der Waals surface area contributed by atoms with Crippen LogP contribution in [-0.2, 0) is 14.3 Å². The van der Waals surface area contributed by atoms with Crippen LogP contribution in [0.1, 0.15) is 386 Å². The van der Waals surface area contributed by atoms with E-state index in [4.69, 9.17) is 4.74 Å². The zero-order chi connectivity index (χ0) is 57.8. The molecule has 0 saturated carbocycles. The summed E-state index contributed by atoms with van der Waals surface area (Å²) < 4.78 is 5.49. The summed E-state index contributed by atoms with van der Waals surface area (Å²) in [6, 6.07) is -0.552. The lowest BCUT2D eigenvalue weighted by Gasteiger charge is -2.22. The lowest BCUT2D eigenvalue weighted by atomic mass is 10.0. The third-order valence-electron chi connectivity index (χ3n) is 16.6. The predicted octanol–water partition coefficient (Wildman–Crippen LogP) is 23.3. The number of aliphatic hydroxyl groups is 2. The molecule has 0 aromatic carbocycles. The molecule has 0 bridgehead atoms. The predicted molar refractivity (Wildman–Crippen MR) is 352 cm³/mol. The maximum atomic E-state index is 12.5. The van der Waals surface area contributed by atoms with Crippen LogP contribution in [0.25, 0.3) is 0 Å². The molecule has 0 aliphatic carbocycles. The molecule has 2 unspecified atom stereocenters. The Morgan fingerprint density at radius 2 is 0.625 bits per heavy atom. The minimum Gasteiger partial charge on any atom is -0.466 e. The fraction of sp³-hybridized carbons (Fsp3) is 0.865.